The van der Waals surface area contributed by atoms with Crippen LogP contribution >= 0.6 is 0 Å². The van der Waals surface area contributed by atoms with Crippen molar-refractivity contribution in [1.29, 1.82) is 0 Å². The van der Waals surface area contributed by atoms with Gasteiger partial charge in [0.2, 0.25) is 0 Å². The van der Waals surface area contributed by atoms with E-state index in [4.69, 9.17) is 0 Å². The highest BCUT2D eigenvalue weighted by Gasteiger charge is 2.52. The summed E-state index contributed by atoms with van der Waals surface area (Å²) in [6.07, 6.45) is 4.65. The van der Waals surface area contributed by atoms with Gasteiger partial charge in [-0.2, -0.15) is 0 Å². The molecule has 1 N–H and O–H groups in total. The molecule has 2 heterocycles. The van der Waals surface area contributed by atoms with Crippen LogP contribution in [0.2, 0.25) is 0 Å². The van der Waals surface area contributed by atoms with E-state index in [2.05, 4.69) is 17.2 Å². The minimum atomic E-state index is -0.681. The fourth-order valence-corrected chi connectivity index (χ4v) is 4.10. The molecule has 130 valence electrons. The van der Waals surface area contributed by atoms with Crippen molar-refractivity contribution in [1.82, 2.24) is 15.2 Å². The molecule has 3 amide bonds. The van der Waals surface area contributed by atoms with Gasteiger partial charge < -0.3 is 5.32 Å². The van der Waals surface area contributed by atoms with Crippen molar-refractivity contribution in [2.45, 2.75) is 51.1 Å². The average molecular weight is 337 g/mol. The third kappa shape index (κ3) is 2.77. The van der Waals surface area contributed by atoms with E-state index < -0.39 is 5.54 Å². The number of aromatic nitrogens is 1. The number of pyridine rings is 1. The number of para-hydroxylation sites is 1. The molecule has 2 fully saturated rings. The quantitative estimate of drug-likeness (QED) is 0.870. The van der Waals surface area contributed by atoms with Crippen molar-refractivity contribution in [3.8, 4) is 0 Å². The number of carbonyl (C=O) groups excluding carboxylic acids is 2. The van der Waals surface area contributed by atoms with Gasteiger partial charge in [0.05, 0.1) is 17.8 Å². The molecule has 0 unspecified atom stereocenters. The average Bonchev–Trinajstić information content (AvgIpc) is 2.86. The predicted molar refractivity (Wildman–Crippen MR) is 95.8 cm³/mol. The van der Waals surface area contributed by atoms with Gasteiger partial charge in [-0.15, -0.1) is 0 Å². The van der Waals surface area contributed by atoms with Crippen molar-refractivity contribution >= 4 is 22.8 Å². The summed E-state index contributed by atoms with van der Waals surface area (Å²) in [7, 11) is 0. The van der Waals surface area contributed by atoms with E-state index in [1.54, 1.807) is 0 Å². The van der Waals surface area contributed by atoms with Crippen molar-refractivity contribution in [3.63, 3.8) is 0 Å². The monoisotopic (exact) mass is 337 g/mol. The Morgan fingerprint density at radius 1 is 1.16 bits per heavy atom. The Morgan fingerprint density at radius 2 is 1.92 bits per heavy atom. The molecule has 1 aromatic heterocycles. The third-order valence-electron chi connectivity index (χ3n) is 5.76. The summed E-state index contributed by atoms with van der Waals surface area (Å²) in [5, 5.41) is 4.03. The second-order valence-corrected chi connectivity index (χ2v) is 7.25. The zero-order chi connectivity index (χ0) is 17.4. The molecule has 25 heavy (non-hydrogen) atoms. The lowest BCUT2D eigenvalue weighted by atomic mass is 9.75. The van der Waals surface area contributed by atoms with Gasteiger partial charge in [-0.1, -0.05) is 37.6 Å². The maximum atomic E-state index is 13.0. The maximum Gasteiger partial charge on any atom is 0.325 e. The van der Waals surface area contributed by atoms with Crippen LogP contribution in [0, 0.1) is 5.92 Å². The number of fused-ring (bicyclic) bond motifs is 1. The molecule has 0 bridgehead atoms. The minimum absolute atomic E-state index is 0.0815. The third-order valence-corrected chi connectivity index (χ3v) is 5.76. The van der Waals surface area contributed by atoms with Crippen LogP contribution in [-0.4, -0.2) is 27.4 Å². The molecular formula is C20H23N3O2. The minimum Gasteiger partial charge on any atom is -0.323 e. The zero-order valence-corrected chi connectivity index (χ0v) is 14.5. The van der Waals surface area contributed by atoms with Gasteiger partial charge in [0.15, 0.2) is 0 Å². The number of carbonyl (C=O) groups is 2. The van der Waals surface area contributed by atoms with Crippen molar-refractivity contribution in [2.24, 2.45) is 5.92 Å². The fraction of sp³-hybridized carbons (Fsp3) is 0.450. The number of nitrogens with zero attached hydrogens (tertiary/aromatic N) is 2. The summed E-state index contributed by atoms with van der Waals surface area (Å²) in [4.78, 5) is 31.3. The second kappa shape index (κ2) is 6.14. The molecule has 0 radical (unpaired) electrons. The van der Waals surface area contributed by atoms with Crippen LogP contribution in [-0.2, 0) is 11.3 Å². The Morgan fingerprint density at radius 3 is 2.68 bits per heavy atom. The first-order valence-electron chi connectivity index (χ1n) is 9.10. The number of rotatable bonds is 3. The Labute approximate surface area is 147 Å². The molecule has 4 rings (SSSR count). The summed E-state index contributed by atoms with van der Waals surface area (Å²) >= 11 is 0. The summed E-state index contributed by atoms with van der Waals surface area (Å²) < 4.78 is 0. The summed E-state index contributed by atoms with van der Waals surface area (Å²) in [6, 6.07) is 11.4. The Kier molecular flexibility index (Phi) is 3.94. The first-order valence-corrected chi connectivity index (χ1v) is 9.10. The lowest BCUT2D eigenvalue weighted by molar-refractivity contribution is -0.133. The highest BCUT2D eigenvalue weighted by Crippen LogP contribution is 2.38. The number of hydrogen-bond donors (Lipinski definition) is 1. The summed E-state index contributed by atoms with van der Waals surface area (Å²) in [5.41, 5.74) is 0.936. The molecule has 5 heteroatoms. The molecule has 0 atom stereocenters. The zero-order valence-electron chi connectivity index (χ0n) is 14.5. The van der Waals surface area contributed by atoms with Gasteiger partial charge >= 0.3 is 6.03 Å². The van der Waals surface area contributed by atoms with E-state index in [0.717, 1.165) is 48.7 Å². The number of imide groups is 1. The SMILES string of the molecule is CCC1CCC2(CC1)NC(=O)N(Cc1ccc3ccccc3n1)C2=O. The first-order chi connectivity index (χ1) is 12.1. The number of hydrogen-bond acceptors (Lipinski definition) is 3. The number of amides is 3. The van der Waals surface area contributed by atoms with E-state index in [1.807, 2.05) is 36.4 Å². The van der Waals surface area contributed by atoms with Crippen molar-refractivity contribution in [3.05, 3.63) is 42.1 Å². The molecule has 1 spiro atoms. The molecular weight excluding hydrogens is 314 g/mol. The van der Waals surface area contributed by atoms with Crippen LogP contribution in [0.5, 0.6) is 0 Å². The first kappa shape index (κ1) is 16.1. The summed E-state index contributed by atoms with van der Waals surface area (Å²) in [6.45, 7) is 2.42. The van der Waals surface area contributed by atoms with E-state index in [0.29, 0.717) is 5.92 Å². The highest BCUT2D eigenvalue weighted by molar-refractivity contribution is 6.07. The Hall–Kier alpha value is -2.43. The van der Waals surface area contributed by atoms with Crippen LogP contribution < -0.4 is 5.32 Å². The molecule has 5 nitrogen and oxygen atoms in total. The van der Waals surface area contributed by atoms with Gasteiger partial charge in [-0.3, -0.25) is 14.7 Å². The molecule has 2 aromatic rings. The molecule has 1 saturated heterocycles. The van der Waals surface area contributed by atoms with Crippen LogP contribution in [0.4, 0.5) is 4.79 Å². The van der Waals surface area contributed by atoms with Crippen molar-refractivity contribution < 1.29 is 9.59 Å². The van der Waals surface area contributed by atoms with Crippen LogP contribution in [0.3, 0.4) is 0 Å². The van der Waals surface area contributed by atoms with E-state index in [9.17, 15) is 9.59 Å². The lowest BCUT2D eigenvalue weighted by Gasteiger charge is -2.34. The number of urea groups is 1. The van der Waals surface area contributed by atoms with E-state index in [-0.39, 0.29) is 18.5 Å². The smallest absolute Gasteiger partial charge is 0.323 e. The second-order valence-electron chi connectivity index (χ2n) is 7.25. The van der Waals surface area contributed by atoms with Gasteiger partial charge in [-0.05, 0) is 43.7 Å². The van der Waals surface area contributed by atoms with Gasteiger partial charge in [0, 0.05) is 5.39 Å². The lowest BCUT2D eigenvalue weighted by Crippen LogP contribution is -2.49. The van der Waals surface area contributed by atoms with E-state index >= 15 is 0 Å². The largest absolute Gasteiger partial charge is 0.325 e. The molecule has 1 aliphatic heterocycles. The van der Waals surface area contributed by atoms with Crippen LogP contribution in [0.15, 0.2) is 36.4 Å². The van der Waals surface area contributed by atoms with Crippen LogP contribution in [0.1, 0.15) is 44.7 Å². The van der Waals surface area contributed by atoms with Crippen LogP contribution in [0.25, 0.3) is 10.9 Å². The van der Waals surface area contributed by atoms with Gasteiger partial charge in [0.1, 0.15) is 5.54 Å². The van der Waals surface area contributed by atoms with Crippen molar-refractivity contribution in [2.75, 3.05) is 0 Å². The van der Waals surface area contributed by atoms with Gasteiger partial charge in [-0.25, -0.2) is 4.79 Å². The topological polar surface area (TPSA) is 62.3 Å². The predicted octanol–water partition coefficient (Wildman–Crippen LogP) is 3.63. The highest BCUT2D eigenvalue weighted by atomic mass is 16.2. The number of nitrogens with one attached hydrogen (secondary N) is 1. The standard InChI is InChI=1S/C20H23N3O2/c1-2-14-9-11-20(12-10-14)18(24)23(19(25)22-20)13-16-8-7-15-5-3-4-6-17(15)21-16/h3-8,14H,2,9-13H2,1H3,(H,22,25). The Bertz CT molecular complexity index is 825. The molecule has 1 saturated carbocycles. The molecule has 2 aliphatic rings. The number of benzene rings is 1. The van der Waals surface area contributed by atoms with E-state index in [1.165, 1.54) is 4.90 Å². The van der Waals surface area contributed by atoms with Gasteiger partial charge in [0.25, 0.3) is 5.91 Å². The molecule has 1 aromatic carbocycles. The summed E-state index contributed by atoms with van der Waals surface area (Å²) in [5.74, 6) is 0.591. The maximum absolute atomic E-state index is 13.0. The molecule has 1 aliphatic carbocycles. The fourth-order valence-electron chi connectivity index (χ4n) is 4.10. The normalized spacial score (nSPS) is 26.4. The Balaban J connectivity index is 1.54.